The van der Waals surface area contributed by atoms with Gasteiger partial charge in [0, 0.05) is 5.56 Å². The fourth-order valence-corrected chi connectivity index (χ4v) is 1.57. The Bertz CT molecular complexity index is 640. The topological polar surface area (TPSA) is 29.5 Å². The van der Waals surface area contributed by atoms with Crippen LogP contribution in [0.3, 0.4) is 0 Å². The van der Waals surface area contributed by atoms with Gasteiger partial charge in [-0.3, -0.25) is 0 Å². The molecule has 102 valence electrons. The molecule has 0 aliphatic carbocycles. The van der Waals surface area contributed by atoms with Crippen molar-refractivity contribution in [2.45, 2.75) is 6.61 Å². The summed E-state index contributed by atoms with van der Waals surface area (Å²) in [5.74, 6) is 4.14. The molecule has 0 fully saturated rings. The Morgan fingerprint density at radius 3 is 2.40 bits per heavy atom. The summed E-state index contributed by atoms with van der Waals surface area (Å²) in [6.45, 7) is -0.0345. The highest BCUT2D eigenvalue weighted by Crippen LogP contribution is 2.15. The van der Waals surface area contributed by atoms with Crippen molar-refractivity contribution in [1.29, 1.82) is 0 Å². The summed E-state index contributed by atoms with van der Waals surface area (Å²) in [6.07, 6.45) is 0. The van der Waals surface area contributed by atoms with Gasteiger partial charge in [0.05, 0.1) is 0 Å². The largest absolute Gasteiger partial charge is 0.489 e. The number of aliphatic hydroxyl groups excluding tert-OH is 1. The van der Waals surface area contributed by atoms with Crippen LogP contribution in [0.4, 0.5) is 8.78 Å². The second-order valence-corrected chi connectivity index (χ2v) is 4.02. The molecule has 0 saturated heterocycles. The van der Waals surface area contributed by atoms with Gasteiger partial charge >= 0.3 is 0 Å². The van der Waals surface area contributed by atoms with Gasteiger partial charge in [-0.05, 0) is 42.0 Å². The summed E-state index contributed by atoms with van der Waals surface area (Å²) in [7, 11) is 0. The molecule has 4 heteroatoms. The number of benzene rings is 2. The van der Waals surface area contributed by atoms with E-state index in [1.165, 1.54) is 6.07 Å². The Labute approximate surface area is 115 Å². The molecule has 2 aromatic rings. The Kier molecular flexibility index (Phi) is 4.70. The third-order valence-electron chi connectivity index (χ3n) is 2.56. The van der Waals surface area contributed by atoms with Crippen molar-refractivity contribution in [2.24, 2.45) is 0 Å². The van der Waals surface area contributed by atoms with Gasteiger partial charge < -0.3 is 9.84 Å². The second kappa shape index (κ2) is 6.69. The fraction of sp³-hybridized carbons (Fsp3) is 0.125. The van der Waals surface area contributed by atoms with Crippen molar-refractivity contribution in [3.63, 3.8) is 0 Å². The third kappa shape index (κ3) is 3.81. The highest BCUT2D eigenvalue weighted by molar-refractivity contribution is 5.38. The molecule has 20 heavy (non-hydrogen) atoms. The van der Waals surface area contributed by atoms with Crippen LogP contribution in [0.15, 0.2) is 42.5 Å². The lowest BCUT2D eigenvalue weighted by Gasteiger charge is -2.06. The summed E-state index contributed by atoms with van der Waals surface area (Å²) in [5.41, 5.74) is 1.31. The molecule has 0 radical (unpaired) electrons. The zero-order chi connectivity index (χ0) is 14.4. The van der Waals surface area contributed by atoms with Crippen molar-refractivity contribution < 1.29 is 18.6 Å². The monoisotopic (exact) mass is 274 g/mol. The number of aliphatic hydroxyl groups is 1. The molecule has 2 nitrogen and oxygen atoms in total. The van der Waals surface area contributed by atoms with Crippen LogP contribution < -0.4 is 4.74 Å². The van der Waals surface area contributed by atoms with Gasteiger partial charge in [0.15, 0.2) is 11.6 Å². The first-order chi connectivity index (χ1) is 9.69. The molecule has 2 aromatic carbocycles. The van der Waals surface area contributed by atoms with Gasteiger partial charge in [-0.2, -0.15) is 0 Å². The Balaban J connectivity index is 1.98. The minimum atomic E-state index is -0.888. The van der Waals surface area contributed by atoms with E-state index in [1.807, 2.05) is 0 Å². The number of hydrogen-bond donors (Lipinski definition) is 1. The van der Waals surface area contributed by atoms with E-state index in [0.717, 1.165) is 17.7 Å². The molecular formula is C16H12F2O2. The van der Waals surface area contributed by atoms with Crippen molar-refractivity contribution in [1.82, 2.24) is 0 Å². The SMILES string of the molecule is OCC#Cc1ccc(OCc2ccc(F)c(F)c2)cc1. The van der Waals surface area contributed by atoms with Crippen LogP contribution >= 0.6 is 0 Å². The van der Waals surface area contributed by atoms with E-state index in [-0.39, 0.29) is 13.2 Å². The Morgan fingerprint density at radius 2 is 1.75 bits per heavy atom. The average molecular weight is 274 g/mol. The molecule has 0 aliphatic rings. The van der Waals surface area contributed by atoms with Crippen LogP contribution in [0.1, 0.15) is 11.1 Å². The molecule has 0 heterocycles. The summed E-state index contributed by atoms with van der Waals surface area (Å²) in [6, 6.07) is 10.6. The number of rotatable bonds is 3. The van der Waals surface area contributed by atoms with E-state index in [1.54, 1.807) is 24.3 Å². The molecule has 0 amide bonds. The van der Waals surface area contributed by atoms with Crippen LogP contribution in [0.2, 0.25) is 0 Å². The first-order valence-electron chi connectivity index (χ1n) is 5.95. The van der Waals surface area contributed by atoms with E-state index in [2.05, 4.69) is 11.8 Å². The quantitative estimate of drug-likeness (QED) is 0.872. The minimum absolute atomic E-state index is 0.152. The predicted octanol–water partition coefficient (Wildman–Crippen LogP) is 2.89. The minimum Gasteiger partial charge on any atom is -0.489 e. The van der Waals surface area contributed by atoms with Crippen molar-refractivity contribution in [2.75, 3.05) is 6.61 Å². The predicted molar refractivity (Wildman–Crippen MR) is 71.1 cm³/mol. The average Bonchev–Trinajstić information content (AvgIpc) is 2.47. The summed E-state index contributed by atoms with van der Waals surface area (Å²) in [5, 5.41) is 8.58. The van der Waals surface area contributed by atoms with Gasteiger partial charge in [-0.25, -0.2) is 8.78 Å². The number of halogens is 2. The highest BCUT2D eigenvalue weighted by atomic mass is 19.2. The van der Waals surface area contributed by atoms with E-state index in [4.69, 9.17) is 9.84 Å². The zero-order valence-electron chi connectivity index (χ0n) is 10.6. The lowest BCUT2D eigenvalue weighted by molar-refractivity contribution is 0.305. The summed E-state index contributed by atoms with van der Waals surface area (Å²) >= 11 is 0. The smallest absolute Gasteiger partial charge is 0.159 e. The molecule has 0 saturated carbocycles. The lowest BCUT2D eigenvalue weighted by atomic mass is 10.2. The molecule has 0 aliphatic heterocycles. The molecule has 2 rings (SSSR count). The molecule has 0 spiro atoms. The highest BCUT2D eigenvalue weighted by Gasteiger charge is 2.03. The van der Waals surface area contributed by atoms with E-state index in [0.29, 0.717) is 11.3 Å². The molecule has 0 unspecified atom stereocenters. The Hall–Kier alpha value is -2.38. The van der Waals surface area contributed by atoms with E-state index < -0.39 is 11.6 Å². The van der Waals surface area contributed by atoms with Gasteiger partial charge in [-0.1, -0.05) is 17.9 Å². The van der Waals surface area contributed by atoms with E-state index in [9.17, 15) is 8.78 Å². The summed E-state index contributed by atoms with van der Waals surface area (Å²) in [4.78, 5) is 0. The number of hydrogen-bond acceptors (Lipinski definition) is 2. The van der Waals surface area contributed by atoms with Gasteiger partial charge in [0.1, 0.15) is 19.0 Å². The molecular weight excluding hydrogens is 262 g/mol. The maximum absolute atomic E-state index is 13.0. The normalized spacial score (nSPS) is 9.75. The van der Waals surface area contributed by atoms with Crippen LogP contribution in [-0.2, 0) is 6.61 Å². The van der Waals surface area contributed by atoms with E-state index >= 15 is 0 Å². The first-order valence-corrected chi connectivity index (χ1v) is 5.95. The van der Waals surface area contributed by atoms with Gasteiger partial charge in [-0.15, -0.1) is 0 Å². The zero-order valence-corrected chi connectivity index (χ0v) is 10.6. The number of ether oxygens (including phenoxy) is 1. The third-order valence-corrected chi connectivity index (χ3v) is 2.56. The van der Waals surface area contributed by atoms with Crippen LogP contribution in [-0.4, -0.2) is 11.7 Å². The lowest BCUT2D eigenvalue weighted by Crippen LogP contribution is -1.97. The van der Waals surface area contributed by atoms with Crippen molar-refractivity contribution >= 4 is 0 Å². The molecule has 0 bridgehead atoms. The van der Waals surface area contributed by atoms with Crippen LogP contribution in [0, 0.1) is 23.5 Å². The van der Waals surface area contributed by atoms with Gasteiger partial charge in [0.25, 0.3) is 0 Å². The summed E-state index contributed by atoms with van der Waals surface area (Å²) < 4.78 is 31.2. The maximum atomic E-state index is 13.0. The first kappa shape index (κ1) is 14.0. The molecule has 0 atom stereocenters. The van der Waals surface area contributed by atoms with Gasteiger partial charge in [0.2, 0.25) is 0 Å². The standard InChI is InChI=1S/C16H12F2O2/c17-15-8-5-13(10-16(15)18)11-20-14-6-3-12(4-7-14)2-1-9-19/h3-8,10,19H,9,11H2. The maximum Gasteiger partial charge on any atom is 0.159 e. The van der Waals surface area contributed by atoms with Crippen LogP contribution in [0.25, 0.3) is 0 Å². The van der Waals surface area contributed by atoms with Crippen molar-refractivity contribution in [3.8, 4) is 17.6 Å². The second-order valence-electron chi connectivity index (χ2n) is 4.02. The molecule has 1 N–H and O–H groups in total. The van der Waals surface area contributed by atoms with Crippen molar-refractivity contribution in [3.05, 3.63) is 65.2 Å². The Morgan fingerprint density at radius 1 is 1.00 bits per heavy atom. The van der Waals surface area contributed by atoms with Crippen LogP contribution in [0.5, 0.6) is 5.75 Å². The molecule has 0 aromatic heterocycles. The fourth-order valence-electron chi connectivity index (χ4n) is 1.57.